The van der Waals surface area contributed by atoms with E-state index in [0.29, 0.717) is 11.5 Å². The second kappa shape index (κ2) is 1.96. The monoisotopic (exact) mass is 152 g/mol. The van der Waals surface area contributed by atoms with E-state index < -0.39 is 6.17 Å². The first-order valence-electron chi connectivity index (χ1n) is 3.15. The number of fused-ring (bicyclic) bond motifs is 1. The van der Waals surface area contributed by atoms with E-state index in [1.807, 2.05) is 0 Å². The van der Waals surface area contributed by atoms with Gasteiger partial charge in [-0.25, -0.2) is 9.66 Å². The molecule has 2 rings (SSSR count). The minimum absolute atomic E-state index is 0.393. The highest BCUT2D eigenvalue weighted by Crippen LogP contribution is 2.21. The van der Waals surface area contributed by atoms with Crippen LogP contribution in [0.25, 0.3) is 0 Å². The smallest absolute Gasteiger partial charge is 0.156 e. The molecule has 1 aliphatic heterocycles. The van der Waals surface area contributed by atoms with Crippen LogP contribution in [-0.4, -0.2) is 16.0 Å². The summed E-state index contributed by atoms with van der Waals surface area (Å²) in [6.07, 6.45) is 2.61. The highest BCUT2D eigenvalue weighted by molar-refractivity contribution is 5.77. The third kappa shape index (κ3) is 0.761. The highest BCUT2D eigenvalue weighted by Gasteiger charge is 2.17. The number of nitrogens with zero attached hydrogens (tertiary/aromatic N) is 3. The summed E-state index contributed by atoms with van der Waals surface area (Å²) in [4.78, 5) is 7.87. The molecule has 1 aliphatic rings. The van der Waals surface area contributed by atoms with Gasteiger partial charge in [-0.05, 0) is 0 Å². The maximum Gasteiger partial charge on any atom is 0.156 e. The minimum Gasteiger partial charge on any atom is -0.336 e. The fourth-order valence-electron chi connectivity index (χ4n) is 0.990. The van der Waals surface area contributed by atoms with Crippen LogP contribution in [0.15, 0.2) is 11.3 Å². The van der Waals surface area contributed by atoms with Crippen molar-refractivity contribution in [2.45, 2.75) is 6.17 Å². The lowest BCUT2D eigenvalue weighted by atomic mass is 10.3. The summed E-state index contributed by atoms with van der Waals surface area (Å²) in [5, 5.41) is 2.85. The van der Waals surface area contributed by atoms with Crippen LogP contribution in [0.2, 0.25) is 0 Å². The topological polar surface area (TPSA) is 94.2 Å². The summed E-state index contributed by atoms with van der Waals surface area (Å²) in [6.45, 7) is 0. The number of nitrogens with one attached hydrogen (secondary N) is 1. The molecule has 58 valence electrons. The lowest BCUT2D eigenvalue weighted by Gasteiger charge is -2.12. The van der Waals surface area contributed by atoms with E-state index in [1.54, 1.807) is 0 Å². The number of aromatic nitrogens is 2. The molecule has 11 heavy (non-hydrogen) atoms. The number of anilines is 1. The second-order valence-electron chi connectivity index (χ2n) is 2.25. The number of hydrogen-bond donors (Lipinski definition) is 3. The normalized spacial score (nSPS) is 21.0. The number of aliphatic imine (C=N–C) groups is 1. The Balaban J connectivity index is 2.52. The van der Waals surface area contributed by atoms with Gasteiger partial charge in [0.25, 0.3) is 0 Å². The van der Waals surface area contributed by atoms with Crippen molar-refractivity contribution < 1.29 is 0 Å². The van der Waals surface area contributed by atoms with Gasteiger partial charge in [0.15, 0.2) is 5.82 Å². The quantitative estimate of drug-likeness (QED) is 0.416. The van der Waals surface area contributed by atoms with Crippen LogP contribution in [0.5, 0.6) is 0 Å². The number of rotatable bonds is 0. The summed E-state index contributed by atoms with van der Waals surface area (Å²) in [5.74, 6) is 6.20. The summed E-state index contributed by atoms with van der Waals surface area (Å²) < 4.78 is 1.38. The maximum atomic E-state index is 5.59. The molecule has 5 N–H and O–H groups in total. The van der Waals surface area contributed by atoms with Gasteiger partial charge in [-0.3, -0.25) is 4.99 Å². The summed E-state index contributed by atoms with van der Waals surface area (Å²) in [6, 6.07) is 0. The van der Waals surface area contributed by atoms with Gasteiger partial charge in [-0.1, -0.05) is 0 Å². The zero-order valence-electron chi connectivity index (χ0n) is 5.73. The van der Waals surface area contributed by atoms with Crippen LogP contribution in [0.1, 0.15) is 11.9 Å². The summed E-state index contributed by atoms with van der Waals surface area (Å²) in [5.41, 5.74) is 6.27. The predicted octanol–water partition coefficient (Wildman–Crippen LogP) is -0.992. The summed E-state index contributed by atoms with van der Waals surface area (Å²) in [7, 11) is 0. The van der Waals surface area contributed by atoms with Crippen LogP contribution in [0, 0.1) is 0 Å². The van der Waals surface area contributed by atoms with Crippen molar-refractivity contribution in [3.05, 3.63) is 12.0 Å². The Labute approximate surface area is 62.9 Å². The molecule has 1 unspecified atom stereocenters. The zero-order valence-corrected chi connectivity index (χ0v) is 5.73. The van der Waals surface area contributed by atoms with Crippen molar-refractivity contribution in [1.82, 2.24) is 9.66 Å². The molecular weight excluding hydrogens is 144 g/mol. The van der Waals surface area contributed by atoms with Crippen LogP contribution >= 0.6 is 0 Å². The molecule has 2 heterocycles. The van der Waals surface area contributed by atoms with Crippen molar-refractivity contribution in [3.63, 3.8) is 0 Å². The molecule has 0 saturated carbocycles. The van der Waals surface area contributed by atoms with Gasteiger partial charge in [0.1, 0.15) is 18.2 Å². The predicted molar refractivity (Wildman–Crippen MR) is 41.4 cm³/mol. The molecule has 0 aromatic carbocycles. The average molecular weight is 152 g/mol. The number of hydrogen-bond acceptors (Lipinski definition) is 5. The Morgan fingerprint density at radius 1 is 1.64 bits per heavy atom. The van der Waals surface area contributed by atoms with E-state index in [9.17, 15) is 0 Å². The van der Waals surface area contributed by atoms with E-state index >= 15 is 0 Å². The third-order valence-electron chi connectivity index (χ3n) is 1.54. The first-order valence-corrected chi connectivity index (χ1v) is 3.15. The van der Waals surface area contributed by atoms with E-state index in [0.717, 1.165) is 0 Å². The molecule has 0 spiro atoms. The number of nitrogen functional groups attached to an aromatic ring is 1. The molecular formula is C5H8N6. The molecule has 0 bridgehead atoms. The number of imidazole rings is 1. The molecule has 0 saturated heterocycles. The molecule has 0 amide bonds. The van der Waals surface area contributed by atoms with Crippen LogP contribution < -0.4 is 16.9 Å². The van der Waals surface area contributed by atoms with Crippen molar-refractivity contribution in [2.24, 2.45) is 10.7 Å². The van der Waals surface area contributed by atoms with E-state index in [4.69, 9.17) is 11.6 Å². The third-order valence-corrected chi connectivity index (χ3v) is 1.54. The van der Waals surface area contributed by atoms with Crippen LogP contribution in [0.4, 0.5) is 5.82 Å². The van der Waals surface area contributed by atoms with Gasteiger partial charge in [-0.15, -0.1) is 0 Å². The molecule has 6 nitrogen and oxygen atoms in total. The van der Waals surface area contributed by atoms with Crippen molar-refractivity contribution in [2.75, 3.05) is 11.2 Å². The standard InChI is InChI=1S/C5H8N6/c6-4-3-5(9-1-8-4)11(7)2-10-3/h1-2,4H,6-7H2,(H,8,9). The molecule has 0 aliphatic carbocycles. The molecule has 1 aromatic rings. The first kappa shape index (κ1) is 6.17. The molecule has 0 fully saturated rings. The molecule has 1 aromatic heterocycles. The summed E-state index contributed by atoms with van der Waals surface area (Å²) >= 11 is 0. The van der Waals surface area contributed by atoms with Crippen LogP contribution in [0.3, 0.4) is 0 Å². The van der Waals surface area contributed by atoms with E-state index in [-0.39, 0.29) is 0 Å². The lowest BCUT2D eigenvalue weighted by molar-refractivity contribution is 0.748. The average Bonchev–Trinajstić information content (AvgIpc) is 2.35. The second-order valence-corrected chi connectivity index (χ2v) is 2.25. The molecule has 6 heteroatoms. The van der Waals surface area contributed by atoms with Gasteiger partial charge < -0.3 is 16.9 Å². The SMILES string of the molecule is NC1N=CNc2c1ncn2N. The van der Waals surface area contributed by atoms with Gasteiger partial charge in [0.05, 0.1) is 6.34 Å². The maximum absolute atomic E-state index is 5.59. The van der Waals surface area contributed by atoms with Gasteiger partial charge in [-0.2, -0.15) is 0 Å². The van der Waals surface area contributed by atoms with Gasteiger partial charge in [0, 0.05) is 0 Å². The first-order chi connectivity index (χ1) is 5.29. The van der Waals surface area contributed by atoms with Gasteiger partial charge >= 0.3 is 0 Å². The Kier molecular flexibility index (Phi) is 1.10. The molecule has 0 radical (unpaired) electrons. The van der Waals surface area contributed by atoms with Gasteiger partial charge in [0.2, 0.25) is 0 Å². The van der Waals surface area contributed by atoms with E-state index in [2.05, 4.69) is 15.3 Å². The highest BCUT2D eigenvalue weighted by atomic mass is 15.4. The molecule has 1 atom stereocenters. The Morgan fingerprint density at radius 2 is 2.45 bits per heavy atom. The van der Waals surface area contributed by atoms with E-state index in [1.165, 1.54) is 17.3 Å². The zero-order chi connectivity index (χ0) is 7.84. The lowest BCUT2D eigenvalue weighted by Crippen LogP contribution is -2.20. The fourth-order valence-corrected chi connectivity index (χ4v) is 0.990. The van der Waals surface area contributed by atoms with Crippen molar-refractivity contribution >= 4 is 12.2 Å². The number of nitrogens with two attached hydrogens (primary N) is 2. The fraction of sp³-hybridized carbons (Fsp3) is 0.200. The Morgan fingerprint density at radius 3 is 3.18 bits per heavy atom. The Bertz CT molecular complexity index is 300. The van der Waals surface area contributed by atoms with Crippen molar-refractivity contribution in [1.29, 1.82) is 0 Å². The van der Waals surface area contributed by atoms with Crippen molar-refractivity contribution in [3.8, 4) is 0 Å². The largest absolute Gasteiger partial charge is 0.336 e. The van der Waals surface area contributed by atoms with Crippen LogP contribution in [-0.2, 0) is 0 Å². The minimum atomic E-state index is -0.393. The Hall–Kier alpha value is -1.56.